The SMILES string of the molecule is CCC12CCCN3CCc4c(n(c5ccccc45)C(=NO)C1)C32. The van der Waals surface area contributed by atoms with E-state index in [1.807, 2.05) is 0 Å². The van der Waals surface area contributed by atoms with Crippen LogP contribution >= 0.6 is 0 Å². The van der Waals surface area contributed by atoms with Crippen LogP contribution in [0, 0.1) is 5.41 Å². The topological polar surface area (TPSA) is 40.8 Å². The third kappa shape index (κ3) is 1.57. The van der Waals surface area contributed by atoms with Crippen molar-refractivity contribution in [2.24, 2.45) is 10.6 Å². The molecule has 3 aliphatic heterocycles. The van der Waals surface area contributed by atoms with Crippen molar-refractivity contribution in [2.45, 2.75) is 45.1 Å². The van der Waals surface area contributed by atoms with E-state index >= 15 is 0 Å². The van der Waals surface area contributed by atoms with Crippen molar-refractivity contribution in [3.8, 4) is 0 Å². The molecule has 2 unspecified atom stereocenters. The van der Waals surface area contributed by atoms with Gasteiger partial charge in [0, 0.05) is 24.0 Å². The van der Waals surface area contributed by atoms with Crippen LogP contribution in [-0.2, 0) is 6.42 Å². The van der Waals surface area contributed by atoms with Gasteiger partial charge in [-0.2, -0.15) is 0 Å². The molecule has 120 valence electrons. The summed E-state index contributed by atoms with van der Waals surface area (Å²) in [7, 11) is 0. The molecule has 0 amide bonds. The van der Waals surface area contributed by atoms with Gasteiger partial charge < -0.3 is 5.21 Å². The first-order valence-corrected chi connectivity index (χ1v) is 8.86. The molecular formula is C19H23N3O. The smallest absolute Gasteiger partial charge is 0.153 e. The summed E-state index contributed by atoms with van der Waals surface area (Å²) < 4.78 is 2.26. The number of hydrogen-bond acceptors (Lipinski definition) is 3. The minimum Gasteiger partial charge on any atom is -0.409 e. The van der Waals surface area contributed by atoms with Gasteiger partial charge in [0.25, 0.3) is 0 Å². The van der Waals surface area contributed by atoms with Gasteiger partial charge in [-0.05, 0) is 49.3 Å². The summed E-state index contributed by atoms with van der Waals surface area (Å²) in [5.41, 5.74) is 4.35. The summed E-state index contributed by atoms with van der Waals surface area (Å²) in [4.78, 5) is 2.69. The maximum Gasteiger partial charge on any atom is 0.153 e. The summed E-state index contributed by atoms with van der Waals surface area (Å²) in [6, 6.07) is 9.11. The number of nitrogens with zero attached hydrogens (tertiary/aromatic N) is 3. The number of fused-ring (bicyclic) bond motifs is 3. The fraction of sp³-hybridized carbons (Fsp3) is 0.526. The van der Waals surface area contributed by atoms with Crippen molar-refractivity contribution in [3.05, 3.63) is 35.5 Å². The second kappa shape index (κ2) is 4.60. The highest BCUT2D eigenvalue weighted by molar-refractivity contribution is 5.99. The van der Waals surface area contributed by atoms with E-state index in [1.165, 1.54) is 48.1 Å². The largest absolute Gasteiger partial charge is 0.409 e. The molecule has 0 aliphatic carbocycles. The molecule has 2 aromatic rings. The van der Waals surface area contributed by atoms with Gasteiger partial charge in [0.2, 0.25) is 0 Å². The Labute approximate surface area is 136 Å². The first kappa shape index (κ1) is 13.6. The third-order valence-electron chi connectivity index (χ3n) is 6.58. The molecule has 5 rings (SSSR count). The minimum atomic E-state index is 0.235. The molecule has 2 atom stereocenters. The van der Waals surface area contributed by atoms with Gasteiger partial charge in [-0.15, -0.1) is 0 Å². The van der Waals surface area contributed by atoms with Crippen LogP contribution in [0.5, 0.6) is 0 Å². The summed E-state index contributed by atoms with van der Waals surface area (Å²) in [5.74, 6) is 0.837. The van der Waals surface area contributed by atoms with Crippen LogP contribution in [-0.4, -0.2) is 33.6 Å². The molecule has 0 radical (unpaired) electrons. The van der Waals surface area contributed by atoms with Gasteiger partial charge in [-0.1, -0.05) is 30.3 Å². The van der Waals surface area contributed by atoms with Gasteiger partial charge in [-0.3, -0.25) is 9.47 Å². The van der Waals surface area contributed by atoms with Crippen molar-refractivity contribution in [2.75, 3.05) is 13.1 Å². The number of piperidine rings is 1. The molecule has 0 spiro atoms. The van der Waals surface area contributed by atoms with Gasteiger partial charge in [-0.25, -0.2) is 0 Å². The van der Waals surface area contributed by atoms with Crippen LogP contribution < -0.4 is 0 Å². The van der Waals surface area contributed by atoms with E-state index in [2.05, 4.69) is 45.8 Å². The molecule has 0 bridgehead atoms. The minimum absolute atomic E-state index is 0.235. The quantitative estimate of drug-likeness (QED) is 0.643. The number of benzene rings is 1. The average molecular weight is 309 g/mol. The van der Waals surface area contributed by atoms with E-state index < -0.39 is 0 Å². The lowest BCUT2D eigenvalue weighted by Gasteiger charge is -2.54. The molecule has 4 nitrogen and oxygen atoms in total. The van der Waals surface area contributed by atoms with E-state index in [9.17, 15) is 5.21 Å². The molecule has 1 N–H and O–H groups in total. The lowest BCUT2D eigenvalue weighted by atomic mass is 9.64. The molecule has 3 aliphatic rings. The Morgan fingerprint density at radius 1 is 1.30 bits per heavy atom. The second-order valence-corrected chi connectivity index (χ2v) is 7.42. The van der Waals surface area contributed by atoms with E-state index in [0.717, 1.165) is 25.1 Å². The highest BCUT2D eigenvalue weighted by atomic mass is 16.4. The maximum atomic E-state index is 9.74. The lowest BCUT2D eigenvalue weighted by molar-refractivity contribution is -0.00416. The fourth-order valence-corrected chi connectivity index (χ4v) is 5.56. The van der Waals surface area contributed by atoms with Crippen molar-refractivity contribution < 1.29 is 5.21 Å². The van der Waals surface area contributed by atoms with Gasteiger partial charge >= 0.3 is 0 Å². The molecule has 0 saturated carbocycles. The molecule has 1 saturated heterocycles. The van der Waals surface area contributed by atoms with Gasteiger partial charge in [0.1, 0.15) is 0 Å². The number of oxime groups is 1. The number of para-hydroxylation sites is 1. The van der Waals surface area contributed by atoms with Gasteiger partial charge in [0.15, 0.2) is 5.84 Å². The summed E-state index contributed by atoms with van der Waals surface area (Å²) in [5, 5.41) is 14.8. The van der Waals surface area contributed by atoms with Crippen LogP contribution in [0.2, 0.25) is 0 Å². The second-order valence-electron chi connectivity index (χ2n) is 7.42. The Bertz CT molecular complexity index is 821. The van der Waals surface area contributed by atoms with E-state index in [4.69, 9.17) is 0 Å². The van der Waals surface area contributed by atoms with E-state index in [0.29, 0.717) is 6.04 Å². The van der Waals surface area contributed by atoms with Crippen LogP contribution in [0.4, 0.5) is 0 Å². The van der Waals surface area contributed by atoms with Gasteiger partial charge in [0.05, 0.1) is 11.6 Å². The maximum absolute atomic E-state index is 9.74. The predicted octanol–water partition coefficient (Wildman–Crippen LogP) is 3.77. The van der Waals surface area contributed by atoms with Crippen LogP contribution in [0.15, 0.2) is 29.4 Å². The zero-order valence-electron chi connectivity index (χ0n) is 13.6. The van der Waals surface area contributed by atoms with Crippen LogP contribution in [0.3, 0.4) is 0 Å². The first-order chi connectivity index (χ1) is 11.3. The summed E-state index contributed by atoms with van der Waals surface area (Å²) in [6.07, 6.45) is 5.64. The number of aromatic nitrogens is 1. The van der Waals surface area contributed by atoms with Crippen molar-refractivity contribution in [3.63, 3.8) is 0 Å². The predicted molar refractivity (Wildman–Crippen MR) is 91.2 cm³/mol. The Balaban J connectivity index is 1.89. The van der Waals surface area contributed by atoms with E-state index in [1.54, 1.807) is 0 Å². The van der Waals surface area contributed by atoms with Crippen LogP contribution in [0.25, 0.3) is 10.9 Å². The zero-order valence-corrected chi connectivity index (χ0v) is 13.6. The standard InChI is InChI=1S/C19H23N3O/c1-2-19-9-5-10-21-11-8-14-13-6-3-4-7-15(13)22(16(12-19)20-23)17(14)18(19)21/h3-4,6-7,18,23H,2,5,8-12H2,1H3. The molecule has 4 heterocycles. The van der Waals surface area contributed by atoms with Crippen molar-refractivity contribution in [1.29, 1.82) is 0 Å². The Morgan fingerprint density at radius 3 is 3.00 bits per heavy atom. The molecule has 1 aromatic heterocycles. The molecule has 1 fully saturated rings. The normalized spacial score (nSPS) is 31.5. The van der Waals surface area contributed by atoms with Crippen molar-refractivity contribution >= 4 is 16.7 Å². The number of rotatable bonds is 1. The van der Waals surface area contributed by atoms with Crippen molar-refractivity contribution in [1.82, 2.24) is 9.47 Å². The van der Waals surface area contributed by atoms with Crippen LogP contribution in [0.1, 0.15) is 49.9 Å². The molecular weight excluding hydrogens is 286 g/mol. The molecule has 23 heavy (non-hydrogen) atoms. The third-order valence-corrected chi connectivity index (χ3v) is 6.58. The monoisotopic (exact) mass is 309 g/mol. The number of hydrogen-bond donors (Lipinski definition) is 1. The highest BCUT2D eigenvalue weighted by Crippen LogP contribution is 2.56. The Kier molecular flexibility index (Phi) is 2.72. The Morgan fingerprint density at radius 2 is 2.17 bits per heavy atom. The summed E-state index contributed by atoms with van der Waals surface area (Å²) >= 11 is 0. The lowest BCUT2D eigenvalue weighted by Crippen LogP contribution is -2.53. The molecule has 4 heteroatoms. The van der Waals surface area contributed by atoms with E-state index in [-0.39, 0.29) is 5.41 Å². The summed E-state index contributed by atoms with van der Waals surface area (Å²) in [6.45, 7) is 4.68. The average Bonchev–Trinajstić information content (AvgIpc) is 2.95. The first-order valence-electron chi connectivity index (χ1n) is 8.86. The molecule has 1 aromatic carbocycles. The highest BCUT2D eigenvalue weighted by Gasteiger charge is 2.52. The fourth-order valence-electron chi connectivity index (χ4n) is 5.56. The Hall–Kier alpha value is -1.81. The zero-order chi connectivity index (χ0) is 15.6.